The van der Waals surface area contributed by atoms with Crippen molar-refractivity contribution in [2.24, 2.45) is 0 Å². The van der Waals surface area contributed by atoms with Crippen molar-refractivity contribution in [3.05, 3.63) is 30.1 Å². The van der Waals surface area contributed by atoms with E-state index in [1.807, 2.05) is 6.07 Å². The fourth-order valence-corrected chi connectivity index (χ4v) is 3.55. The Balaban J connectivity index is 1.69. The van der Waals surface area contributed by atoms with Gasteiger partial charge in [0.1, 0.15) is 6.10 Å². The van der Waals surface area contributed by atoms with Gasteiger partial charge in [-0.05, 0) is 18.6 Å². The standard InChI is InChI=1S/C17H22N2O2/c1-2-3-4-7-10-17-16-18-14-8-5-6-9-15(14)19(16)11-13(21-17)12-20-17/h5-6,8-9,13H,2-4,7,10-12H2,1H3/t13-,17+/m0/s1. The predicted octanol–water partition coefficient (Wildman–Crippen LogP) is 3.59. The van der Waals surface area contributed by atoms with Gasteiger partial charge in [0.15, 0.2) is 5.82 Å². The van der Waals surface area contributed by atoms with E-state index < -0.39 is 5.79 Å². The number of benzene rings is 1. The number of nitrogens with zero attached hydrogens (tertiary/aromatic N) is 2. The third-order valence-corrected chi connectivity index (χ3v) is 4.60. The molecule has 2 bridgehead atoms. The molecule has 0 spiro atoms. The van der Waals surface area contributed by atoms with Gasteiger partial charge >= 0.3 is 0 Å². The van der Waals surface area contributed by atoms with Crippen molar-refractivity contribution in [1.29, 1.82) is 0 Å². The van der Waals surface area contributed by atoms with E-state index in [0.29, 0.717) is 6.61 Å². The molecular formula is C17H22N2O2. The van der Waals surface area contributed by atoms with Gasteiger partial charge in [0.2, 0.25) is 5.79 Å². The first kappa shape index (κ1) is 13.3. The number of fused-ring (bicyclic) bond motifs is 6. The van der Waals surface area contributed by atoms with Crippen molar-refractivity contribution in [1.82, 2.24) is 9.55 Å². The molecule has 0 radical (unpaired) electrons. The van der Waals surface area contributed by atoms with Crippen molar-refractivity contribution in [3.63, 3.8) is 0 Å². The molecule has 4 rings (SSSR count). The lowest BCUT2D eigenvalue weighted by Gasteiger charge is -2.32. The molecule has 2 aromatic rings. The zero-order valence-electron chi connectivity index (χ0n) is 12.5. The molecule has 1 aromatic carbocycles. The molecule has 112 valence electrons. The van der Waals surface area contributed by atoms with E-state index in [9.17, 15) is 0 Å². The van der Waals surface area contributed by atoms with Crippen LogP contribution >= 0.6 is 0 Å². The SMILES string of the molecule is CCCCCC[C@]12OC[C@H](Cn3c1nc1ccccc13)O2. The zero-order valence-corrected chi connectivity index (χ0v) is 12.5. The number of para-hydroxylation sites is 2. The normalized spacial score (nSPS) is 27.2. The average molecular weight is 286 g/mol. The fraction of sp³-hybridized carbons (Fsp3) is 0.588. The van der Waals surface area contributed by atoms with Crippen LogP contribution in [0, 0.1) is 0 Å². The van der Waals surface area contributed by atoms with E-state index in [2.05, 4.69) is 29.7 Å². The maximum Gasteiger partial charge on any atom is 0.229 e. The first-order valence-corrected chi connectivity index (χ1v) is 8.10. The van der Waals surface area contributed by atoms with Crippen molar-refractivity contribution < 1.29 is 9.47 Å². The van der Waals surface area contributed by atoms with Crippen molar-refractivity contribution in [2.75, 3.05) is 6.61 Å². The fourth-order valence-electron chi connectivity index (χ4n) is 3.55. The summed E-state index contributed by atoms with van der Waals surface area (Å²) in [6.07, 6.45) is 5.96. The Morgan fingerprint density at radius 2 is 2.19 bits per heavy atom. The van der Waals surface area contributed by atoms with Crippen molar-refractivity contribution in [3.8, 4) is 0 Å². The number of ether oxygens (including phenoxy) is 2. The van der Waals surface area contributed by atoms with Crippen LogP contribution in [0.25, 0.3) is 11.0 Å². The second-order valence-electron chi connectivity index (χ2n) is 6.15. The smallest absolute Gasteiger partial charge is 0.229 e. The molecular weight excluding hydrogens is 264 g/mol. The Bertz CT molecular complexity index is 651. The van der Waals surface area contributed by atoms with Gasteiger partial charge in [0, 0.05) is 6.42 Å². The Morgan fingerprint density at radius 1 is 1.29 bits per heavy atom. The van der Waals surface area contributed by atoms with Gasteiger partial charge in [-0.3, -0.25) is 0 Å². The summed E-state index contributed by atoms with van der Waals surface area (Å²) < 4.78 is 14.6. The van der Waals surface area contributed by atoms with Crippen molar-refractivity contribution >= 4 is 11.0 Å². The van der Waals surface area contributed by atoms with Gasteiger partial charge in [-0.25, -0.2) is 4.98 Å². The molecule has 2 aliphatic heterocycles. The molecule has 3 heterocycles. The first-order chi connectivity index (χ1) is 10.3. The molecule has 1 saturated heterocycles. The van der Waals surface area contributed by atoms with Gasteiger partial charge in [-0.15, -0.1) is 0 Å². The van der Waals surface area contributed by atoms with Crippen LogP contribution in [0.5, 0.6) is 0 Å². The largest absolute Gasteiger partial charge is 0.341 e. The highest BCUT2D eigenvalue weighted by molar-refractivity contribution is 5.76. The van der Waals surface area contributed by atoms with E-state index in [0.717, 1.165) is 30.7 Å². The number of aromatic nitrogens is 2. The summed E-state index contributed by atoms with van der Waals surface area (Å²) in [6, 6.07) is 8.32. The highest BCUT2D eigenvalue weighted by Gasteiger charge is 2.50. The lowest BCUT2D eigenvalue weighted by atomic mass is 10.0. The van der Waals surface area contributed by atoms with E-state index in [4.69, 9.17) is 14.5 Å². The highest BCUT2D eigenvalue weighted by atomic mass is 16.7. The topological polar surface area (TPSA) is 36.3 Å². The third-order valence-electron chi connectivity index (χ3n) is 4.60. The van der Waals surface area contributed by atoms with Crippen LogP contribution in [0.15, 0.2) is 24.3 Å². The van der Waals surface area contributed by atoms with E-state index in [1.54, 1.807) is 0 Å². The molecule has 1 aromatic heterocycles. The summed E-state index contributed by atoms with van der Waals surface area (Å²) >= 11 is 0. The van der Waals surface area contributed by atoms with Crippen LogP contribution in [-0.4, -0.2) is 22.3 Å². The number of imidazole rings is 1. The summed E-state index contributed by atoms with van der Waals surface area (Å²) in [6.45, 7) is 3.77. The lowest BCUT2D eigenvalue weighted by Crippen LogP contribution is -2.37. The van der Waals surface area contributed by atoms with Crippen LogP contribution in [0.2, 0.25) is 0 Å². The Labute approximate surface area is 125 Å². The van der Waals surface area contributed by atoms with Crippen LogP contribution < -0.4 is 0 Å². The summed E-state index contributed by atoms with van der Waals surface area (Å²) in [5.41, 5.74) is 2.24. The minimum absolute atomic E-state index is 0.168. The highest BCUT2D eigenvalue weighted by Crippen LogP contribution is 2.43. The number of unbranched alkanes of at least 4 members (excludes halogenated alkanes) is 3. The van der Waals surface area contributed by atoms with Gasteiger partial charge in [-0.2, -0.15) is 0 Å². The summed E-state index contributed by atoms with van der Waals surface area (Å²) in [5, 5.41) is 0. The maximum absolute atomic E-state index is 6.22. The first-order valence-electron chi connectivity index (χ1n) is 8.10. The number of rotatable bonds is 5. The molecule has 2 atom stereocenters. The molecule has 2 aliphatic rings. The van der Waals surface area contributed by atoms with Gasteiger partial charge in [0.25, 0.3) is 0 Å². The maximum atomic E-state index is 6.22. The average Bonchev–Trinajstić information content (AvgIpc) is 3.05. The molecule has 0 unspecified atom stereocenters. The molecule has 21 heavy (non-hydrogen) atoms. The molecule has 1 fully saturated rings. The minimum atomic E-state index is -0.602. The second-order valence-corrected chi connectivity index (χ2v) is 6.15. The summed E-state index contributed by atoms with van der Waals surface area (Å²) in [4.78, 5) is 4.82. The molecule has 0 N–H and O–H groups in total. The third kappa shape index (κ3) is 2.09. The molecule has 0 saturated carbocycles. The van der Waals surface area contributed by atoms with Gasteiger partial charge in [-0.1, -0.05) is 38.3 Å². The van der Waals surface area contributed by atoms with Gasteiger partial charge in [0.05, 0.1) is 24.2 Å². The Hall–Kier alpha value is -1.39. The van der Waals surface area contributed by atoms with E-state index >= 15 is 0 Å². The number of hydrogen-bond acceptors (Lipinski definition) is 3. The second kappa shape index (κ2) is 5.11. The van der Waals surface area contributed by atoms with Crippen LogP contribution in [0.3, 0.4) is 0 Å². The molecule has 0 aliphatic carbocycles. The predicted molar refractivity (Wildman–Crippen MR) is 81.0 cm³/mol. The van der Waals surface area contributed by atoms with E-state index in [1.165, 1.54) is 24.8 Å². The van der Waals surface area contributed by atoms with Gasteiger partial charge < -0.3 is 14.0 Å². The Morgan fingerprint density at radius 3 is 3.10 bits per heavy atom. The monoisotopic (exact) mass is 286 g/mol. The quantitative estimate of drug-likeness (QED) is 0.788. The molecule has 4 nitrogen and oxygen atoms in total. The van der Waals surface area contributed by atoms with E-state index in [-0.39, 0.29) is 6.10 Å². The molecule has 4 heteroatoms. The Kier molecular flexibility index (Phi) is 3.23. The zero-order chi connectivity index (χ0) is 14.3. The molecule has 0 amide bonds. The van der Waals surface area contributed by atoms with Crippen molar-refractivity contribution in [2.45, 2.75) is 57.5 Å². The summed E-state index contributed by atoms with van der Waals surface area (Å²) in [7, 11) is 0. The lowest BCUT2D eigenvalue weighted by molar-refractivity contribution is -0.201. The van der Waals surface area contributed by atoms with Crippen LogP contribution in [0.1, 0.15) is 44.9 Å². The van der Waals surface area contributed by atoms with Crippen LogP contribution in [-0.2, 0) is 21.8 Å². The minimum Gasteiger partial charge on any atom is -0.341 e. The summed E-state index contributed by atoms with van der Waals surface area (Å²) in [5.74, 6) is 0.365. The van der Waals surface area contributed by atoms with Crippen LogP contribution in [0.4, 0.5) is 0 Å². The number of hydrogen-bond donors (Lipinski definition) is 0.